The van der Waals surface area contributed by atoms with Crippen molar-refractivity contribution in [3.8, 4) is 0 Å². The molecule has 0 atom stereocenters. The lowest BCUT2D eigenvalue weighted by Gasteiger charge is -2.21. The maximum absolute atomic E-state index is 10.9. The molecule has 1 saturated carbocycles. The molecule has 0 unspecified atom stereocenters. The number of anilines is 1. The van der Waals surface area contributed by atoms with E-state index in [9.17, 15) is 4.79 Å². The van der Waals surface area contributed by atoms with Crippen molar-refractivity contribution in [1.29, 1.82) is 0 Å². The van der Waals surface area contributed by atoms with E-state index in [1.807, 2.05) is 0 Å². The Kier molecular flexibility index (Phi) is 4.71. The Labute approximate surface area is 113 Å². The van der Waals surface area contributed by atoms with E-state index in [4.69, 9.17) is 5.11 Å². The topological polar surface area (TPSA) is 75.1 Å². The van der Waals surface area contributed by atoms with Crippen molar-refractivity contribution in [3.63, 3.8) is 0 Å². The fourth-order valence-electron chi connectivity index (χ4n) is 2.62. The highest BCUT2D eigenvalue weighted by Gasteiger charge is 2.13. The van der Waals surface area contributed by atoms with Crippen LogP contribution < -0.4 is 5.32 Å². The quantitative estimate of drug-likeness (QED) is 0.854. The predicted molar refractivity (Wildman–Crippen MR) is 73.4 cm³/mol. The van der Waals surface area contributed by atoms with Gasteiger partial charge in [-0.1, -0.05) is 32.1 Å². The Bertz CT molecular complexity index is 442. The monoisotopic (exact) mass is 263 g/mol. The number of nitrogens with one attached hydrogen (secondary N) is 1. The molecule has 0 aromatic carbocycles. The van der Waals surface area contributed by atoms with Crippen LogP contribution in [0.5, 0.6) is 0 Å². The average Bonchev–Trinajstić information content (AvgIpc) is 2.39. The minimum absolute atomic E-state index is 0.0488. The molecule has 5 heteroatoms. The van der Waals surface area contributed by atoms with Crippen molar-refractivity contribution >= 4 is 11.9 Å². The summed E-state index contributed by atoms with van der Waals surface area (Å²) in [5, 5.41) is 12.1. The number of carboxylic acid groups (broad SMARTS) is 1. The van der Waals surface area contributed by atoms with E-state index in [-0.39, 0.29) is 5.69 Å². The van der Waals surface area contributed by atoms with Gasteiger partial charge in [0.05, 0.1) is 0 Å². The van der Waals surface area contributed by atoms with Crippen molar-refractivity contribution in [2.45, 2.75) is 45.4 Å². The van der Waals surface area contributed by atoms with Gasteiger partial charge >= 0.3 is 5.97 Å². The maximum atomic E-state index is 10.9. The second-order valence-corrected chi connectivity index (χ2v) is 5.24. The summed E-state index contributed by atoms with van der Waals surface area (Å²) in [6.45, 7) is 2.59. The number of aromatic nitrogens is 2. The molecular weight excluding hydrogens is 242 g/mol. The number of hydrogen-bond acceptors (Lipinski definition) is 4. The number of aryl methyl sites for hydroxylation is 1. The zero-order valence-electron chi connectivity index (χ0n) is 11.4. The summed E-state index contributed by atoms with van der Waals surface area (Å²) < 4.78 is 0. The van der Waals surface area contributed by atoms with Gasteiger partial charge in [-0.15, -0.1) is 0 Å². The Morgan fingerprint density at radius 3 is 2.79 bits per heavy atom. The lowest BCUT2D eigenvalue weighted by atomic mass is 9.87. The molecule has 104 valence electrons. The number of hydrogen-bond donors (Lipinski definition) is 2. The Morgan fingerprint density at radius 1 is 1.37 bits per heavy atom. The lowest BCUT2D eigenvalue weighted by Crippen LogP contribution is -2.14. The SMILES string of the molecule is Cc1cc(C(=O)O)nc(NCCC2CCCCC2)n1. The average molecular weight is 263 g/mol. The third-order valence-corrected chi connectivity index (χ3v) is 3.63. The van der Waals surface area contributed by atoms with Crippen molar-refractivity contribution < 1.29 is 9.90 Å². The molecule has 5 nitrogen and oxygen atoms in total. The smallest absolute Gasteiger partial charge is 0.354 e. The van der Waals surface area contributed by atoms with E-state index in [0.717, 1.165) is 18.9 Å². The third kappa shape index (κ3) is 4.19. The first-order valence-electron chi connectivity index (χ1n) is 6.98. The highest BCUT2D eigenvalue weighted by Crippen LogP contribution is 2.26. The summed E-state index contributed by atoms with van der Waals surface area (Å²) in [5.74, 6) is 0.207. The zero-order chi connectivity index (χ0) is 13.7. The molecule has 1 aliphatic rings. The molecule has 1 heterocycles. The zero-order valence-corrected chi connectivity index (χ0v) is 11.4. The fraction of sp³-hybridized carbons (Fsp3) is 0.643. The lowest BCUT2D eigenvalue weighted by molar-refractivity contribution is 0.0690. The van der Waals surface area contributed by atoms with Crippen molar-refractivity contribution in [1.82, 2.24) is 9.97 Å². The number of carboxylic acids is 1. The number of carbonyl (C=O) groups is 1. The van der Waals surface area contributed by atoms with Gasteiger partial charge in [0, 0.05) is 12.2 Å². The molecule has 2 N–H and O–H groups in total. The molecule has 0 aliphatic heterocycles. The van der Waals surface area contributed by atoms with E-state index >= 15 is 0 Å². The predicted octanol–water partition coefficient (Wildman–Crippen LogP) is 2.87. The molecule has 1 aromatic rings. The van der Waals surface area contributed by atoms with E-state index in [0.29, 0.717) is 11.6 Å². The molecular formula is C14H21N3O2. The van der Waals surface area contributed by atoms with Gasteiger partial charge in [-0.05, 0) is 25.3 Å². The van der Waals surface area contributed by atoms with Crippen LogP contribution in [0.15, 0.2) is 6.07 Å². The van der Waals surface area contributed by atoms with Crippen LogP contribution >= 0.6 is 0 Å². The molecule has 0 amide bonds. The van der Waals surface area contributed by atoms with Gasteiger partial charge in [-0.25, -0.2) is 14.8 Å². The van der Waals surface area contributed by atoms with Crippen LogP contribution in [0.25, 0.3) is 0 Å². The molecule has 2 rings (SSSR count). The largest absolute Gasteiger partial charge is 0.477 e. The van der Waals surface area contributed by atoms with Crippen LogP contribution in [0.4, 0.5) is 5.95 Å². The third-order valence-electron chi connectivity index (χ3n) is 3.63. The Morgan fingerprint density at radius 2 is 2.11 bits per heavy atom. The van der Waals surface area contributed by atoms with Gasteiger partial charge in [0.25, 0.3) is 0 Å². The van der Waals surface area contributed by atoms with E-state index < -0.39 is 5.97 Å². The van der Waals surface area contributed by atoms with Gasteiger partial charge in [-0.3, -0.25) is 0 Å². The molecule has 1 aliphatic carbocycles. The first-order valence-corrected chi connectivity index (χ1v) is 6.98. The normalized spacial score (nSPS) is 16.3. The summed E-state index contributed by atoms with van der Waals surface area (Å²) >= 11 is 0. The molecule has 0 radical (unpaired) electrons. The van der Waals surface area contributed by atoms with E-state index in [2.05, 4.69) is 15.3 Å². The first kappa shape index (κ1) is 13.8. The highest BCUT2D eigenvalue weighted by molar-refractivity contribution is 5.85. The van der Waals surface area contributed by atoms with E-state index in [1.54, 1.807) is 6.92 Å². The molecule has 1 fully saturated rings. The number of rotatable bonds is 5. The van der Waals surface area contributed by atoms with Gasteiger partial charge in [0.2, 0.25) is 5.95 Å². The summed E-state index contributed by atoms with van der Waals surface area (Å²) in [5.41, 5.74) is 0.722. The van der Waals surface area contributed by atoms with Crippen LogP contribution in [-0.2, 0) is 0 Å². The minimum atomic E-state index is -1.01. The summed E-state index contributed by atoms with van der Waals surface area (Å²) in [4.78, 5) is 19.1. The molecule has 1 aromatic heterocycles. The second-order valence-electron chi connectivity index (χ2n) is 5.24. The molecule has 0 spiro atoms. The van der Waals surface area contributed by atoms with Crippen molar-refractivity contribution in [2.75, 3.05) is 11.9 Å². The van der Waals surface area contributed by atoms with Gasteiger partial charge < -0.3 is 10.4 Å². The second kappa shape index (κ2) is 6.50. The summed E-state index contributed by atoms with van der Waals surface area (Å²) in [6, 6.07) is 1.48. The van der Waals surface area contributed by atoms with Crippen LogP contribution in [0.3, 0.4) is 0 Å². The van der Waals surface area contributed by atoms with Gasteiger partial charge in [0.1, 0.15) is 0 Å². The van der Waals surface area contributed by atoms with Crippen LogP contribution in [0.2, 0.25) is 0 Å². The van der Waals surface area contributed by atoms with Crippen LogP contribution in [-0.4, -0.2) is 27.6 Å². The van der Waals surface area contributed by atoms with Gasteiger partial charge in [0.15, 0.2) is 5.69 Å². The van der Waals surface area contributed by atoms with Gasteiger partial charge in [-0.2, -0.15) is 0 Å². The summed E-state index contributed by atoms with van der Waals surface area (Å²) in [6.07, 6.45) is 7.80. The highest BCUT2D eigenvalue weighted by atomic mass is 16.4. The fourth-order valence-corrected chi connectivity index (χ4v) is 2.62. The van der Waals surface area contributed by atoms with Crippen LogP contribution in [0, 0.1) is 12.8 Å². The molecule has 19 heavy (non-hydrogen) atoms. The minimum Gasteiger partial charge on any atom is -0.477 e. The first-order chi connectivity index (χ1) is 9.15. The Hall–Kier alpha value is -1.65. The van der Waals surface area contributed by atoms with E-state index in [1.165, 1.54) is 38.2 Å². The maximum Gasteiger partial charge on any atom is 0.354 e. The molecule has 0 bridgehead atoms. The van der Waals surface area contributed by atoms with Crippen molar-refractivity contribution in [3.05, 3.63) is 17.5 Å². The van der Waals surface area contributed by atoms with Crippen molar-refractivity contribution in [2.24, 2.45) is 5.92 Å². The number of nitrogens with zero attached hydrogens (tertiary/aromatic N) is 2. The molecule has 0 saturated heterocycles. The standard InChI is InChI=1S/C14H21N3O2/c1-10-9-12(13(18)19)17-14(16-10)15-8-7-11-5-3-2-4-6-11/h9,11H,2-8H2,1H3,(H,18,19)(H,15,16,17). The van der Waals surface area contributed by atoms with Crippen LogP contribution in [0.1, 0.15) is 54.7 Å². The summed E-state index contributed by atoms with van der Waals surface area (Å²) in [7, 11) is 0. The number of aromatic carboxylic acids is 1. The Balaban J connectivity index is 1.86.